The average Bonchev–Trinajstić information content (AvgIpc) is 3.19. The molecule has 0 aliphatic carbocycles. The molecule has 10 nitrogen and oxygen atoms in total. The van der Waals surface area contributed by atoms with Crippen LogP contribution in [-0.2, 0) is 43.5 Å². The predicted molar refractivity (Wildman–Crippen MR) is 127 cm³/mol. The number of carbonyl (C=O) groups is 4. The minimum absolute atomic E-state index is 0. The van der Waals surface area contributed by atoms with E-state index >= 15 is 0 Å². The smallest absolute Gasteiger partial charge is 0.747 e. The van der Waals surface area contributed by atoms with E-state index in [1.807, 2.05) is 13.8 Å². The quantitative estimate of drug-likeness (QED) is 0.0890. The van der Waals surface area contributed by atoms with Crippen molar-refractivity contribution in [3.63, 3.8) is 0 Å². The molecule has 1 fully saturated rings. The summed E-state index contributed by atoms with van der Waals surface area (Å²) in [5.74, 6) is -2.54. The summed E-state index contributed by atoms with van der Waals surface area (Å²) in [6.07, 6.45) is 7.11. The van der Waals surface area contributed by atoms with Gasteiger partial charge in [-0.15, -0.1) is 0 Å². The Bertz CT molecular complexity index is 755. The standard InChI is InChI=1S/C20H38O7S.C4H4O3.Na/c1-5-9-11-16(7-3)14-26-19(21)13-18(28(23,24)25)20(22)27-15-17(8-4)12-10-6-2;5-3-1-2-4(6)7-3;/h16-18H,5-15H2,1-4H3,(H,23,24,25);1-2H2;/q;;+1/p-1. The Labute approximate surface area is 237 Å². The molecule has 36 heavy (non-hydrogen) atoms. The Morgan fingerprint density at radius 1 is 0.889 bits per heavy atom. The van der Waals surface area contributed by atoms with Gasteiger partial charge in [-0.2, -0.15) is 0 Å². The van der Waals surface area contributed by atoms with Gasteiger partial charge >= 0.3 is 53.4 Å². The van der Waals surface area contributed by atoms with Crippen molar-refractivity contribution in [3.8, 4) is 0 Å². The molecule has 1 aliphatic rings. The van der Waals surface area contributed by atoms with Gasteiger partial charge in [0, 0.05) is 0 Å². The third kappa shape index (κ3) is 17.4. The number of ether oxygens (including phenoxy) is 3. The molecule has 0 N–H and O–H groups in total. The van der Waals surface area contributed by atoms with Crippen LogP contribution in [0, 0.1) is 11.8 Å². The topological polar surface area (TPSA) is 153 Å². The second kappa shape index (κ2) is 21.0. The molecule has 0 aromatic heterocycles. The summed E-state index contributed by atoms with van der Waals surface area (Å²) in [6.45, 7) is 8.26. The van der Waals surface area contributed by atoms with Gasteiger partial charge in [-0.05, 0) is 24.7 Å². The summed E-state index contributed by atoms with van der Waals surface area (Å²) in [5.41, 5.74) is 0. The van der Waals surface area contributed by atoms with Crippen LogP contribution in [0.25, 0.3) is 0 Å². The van der Waals surface area contributed by atoms with Crippen molar-refractivity contribution in [2.45, 2.75) is 104 Å². The van der Waals surface area contributed by atoms with Crippen LogP contribution in [0.2, 0.25) is 0 Å². The van der Waals surface area contributed by atoms with E-state index in [1.54, 1.807) is 0 Å². The molecule has 0 radical (unpaired) electrons. The SMILES string of the molecule is CCCCC(CC)COC(=O)CC(C(=O)OCC(CC)CCCC)S(=O)(=O)[O-].O=C1CCC(=O)O1.[Na+]. The molecule has 12 heteroatoms. The number of hydrogen-bond acceptors (Lipinski definition) is 10. The summed E-state index contributed by atoms with van der Waals surface area (Å²) >= 11 is 0. The normalized spacial score (nSPS) is 15.5. The Hall–Kier alpha value is -1.01. The predicted octanol–water partition coefficient (Wildman–Crippen LogP) is 0.664. The van der Waals surface area contributed by atoms with E-state index in [1.165, 1.54) is 0 Å². The third-order valence-corrected chi connectivity index (χ3v) is 6.81. The maximum Gasteiger partial charge on any atom is 1.00 e. The van der Waals surface area contributed by atoms with E-state index in [0.717, 1.165) is 51.4 Å². The average molecular weight is 545 g/mol. The molecule has 3 unspecified atom stereocenters. The van der Waals surface area contributed by atoms with Crippen LogP contribution in [0.15, 0.2) is 0 Å². The van der Waals surface area contributed by atoms with Crippen molar-refractivity contribution in [3.05, 3.63) is 0 Å². The summed E-state index contributed by atoms with van der Waals surface area (Å²) in [4.78, 5) is 44.2. The van der Waals surface area contributed by atoms with E-state index in [4.69, 9.17) is 9.47 Å². The summed E-state index contributed by atoms with van der Waals surface area (Å²) in [7, 11) is -5.01. The van der Waals surface area contributed by atoms with E-state index in [9.17, 15) is 32.1 Å². The molecular weight excluding hydrogens is 503 g/mol. The molecule has 0 bridgehead atoms. The van der Waals surface area contributed by atoms with Crippen molar-refractivity contribution in [2.75, 3.05) is 13.2 Å². The summed E-state index contributed by atoms with van der Waals surface area (Å²) < 4.78 is 48.7. The van der Waals surface area contributed by atoms with Crippen LogP contribution in [0.4, 0.5) is 0 Å². The van der Waals surface area contributed by atoms with Crippen molar-refractivity contribution >= 4 is 34.0 Å². The van der Waals surface area contributed by atoms with Gasteiger partial charge in [0.15, 0.2) is 5.25 Å². The van der Waals surface area contributed by atoms with Crippen molar-refractivity contribution in [1.29, 1.82) is 0 Å². The van der Waals surface area contributed by atoms with Crippen molar-refractivity contribution in [2.24, 2.45) is 11.8 Å². The monoisotopic (exact) mass is 544 g/mol. The van der Waals surface area contributed by atoms with Gasteiger partial charge in [-0.3, -0.25) is 19.2 Å². The van der Waals surface area contributed by atoms with Crippen molar-refractivity contribution in [1.82, 2.24) is 0 Å². The molecule has 3 atom stereocenters. The first-order valence-electron chi connectivity index (χ1n) is 12.5. The van der Waals surface area contributed by atoms with E-state index in [2.05, 4.69) is 18.6 Å². The Kier molecular flexibility index (Phi) is 21.6. The molecule has 0 saturated carbocycles. The van der Waals surface area contributed by atoms with Gasteiger partial charge in [0.2, 0.25) is 0 Å². The number of cyclic esters (lactones) is 2. The first kappa shape index (κ1) is 37.1. The molecule has 0 amide bonds. The van der Waals surface area contributed by atoms with Gasteiger partial charge in [-0.1, -0.05) is 66.2 Å². The third-order valence-electron chi connectivity index (χ3n) is 5.75. The Morgan fingerprint density at radius 2 is 1.33 bits per heavy atom. The fourth-order valence-corrected chi connectivity index (χ4v) is 3.89. The van der Waals surface area contributed by atoms with Crippen LogP contribution in [0.5, 0.6) is 0 Å². The minimum atomic E-state index is -5.01. The van der Waals surface area contributed by atoms with Gasteiger partial charge in [0.25, 0.3) is 0 Å². The summed E-state index contributed by atoms with van der Waals surface area (Å²) in [6, 6.07) is 0. The number of unbranched alkanes of at least 4 members (excludes halogenated alkanes) is 2. The first-order valence-corrected chi connectivity index (χ1v) is 14.0. The Morgan fingerprint density at radius 3 is 1.67 bits per heavy atom. The second-order valence-corrected chi connectivity index (χ2v) is 10.2. The number of carbonyl (C=O) groups excluding carboxylic acids is 4. The van der Waals surface area contributed by atoms with E-state index in [0.29, 0.717) is 0 Å². The molecule has 1 rings (SSSR count). The maximum atomic E-state index is 12.1. The van der Waals surface area contributed by atoms with Gasteiger partial charge in [0.05, 0.1) is 32.5 Å². The number of esters is 4. The van der Waals surface area contributed by atoms with Crippen LogP contribution in [0.3, 0.4) is 0 Å². The van der Waals surface area contributed by atoms with Gasteiger partial charge in [0.1, 0.15) is 10.1 Å². The van der Waals surface area contributed by atoms with Crippen molar-refractivity contribution < 1.29 is 75.9 Å². The molecule has 0 aromatic rings. The van der Waals surface area contributed by atoms with E-state index in [-0.39, 0.29) is 67.4 Å². The fourth-order valence-electron chi connectivity index (χ4n) is 3.25. The van der Waals surface area contributed by atoms with Crippen LogP contribution >= 0.6 is 0 Å². The van der Waals surface area contributed by atoms with Crippen LogP contribution < -0.4 is 29.6 Å². The molecule has 1 aliphatic heterocycles. The Balaban J connectivity index is 0. The molecule has 1 saturated heterocycles. The zero-order valence-electron chi connectivity index (χ0n) is 22.4. The maximum absolute atomic E-state index is 12.1. The number of rotatable bonds is 16. The van der Waals surface area contributed by atoms with Gasteiger partial charge < -0.3 is 18.8 Å². The summed E-state index contributed by atoms with van der Waals surface area (Å²) in [5, 5.41) is -2.06. The molecule has 204 valence electrons. The van der Waals surface area contributed by atoms with Gasteiger partial charge in [-0.25, -0.2) is 8.42 Å². The minimum Gasteiger partial charge on any atom is -0.747 e. The zero-order valence-corrected chi connectivity index (χ0v) is 25.2. The molecule has 0 aromatic carbocycles. The number of hydrogen-bond donors (Lipinski definition) is 0. The van der Waals surface area contributed by atoms with Crippen LogP contribution in [0.1, 0.15) is 98.3 Å². The fraction of sp³-hybridized carbons (Fsp3) is 0.833. The largest absolute Gasteiger partial charge is 1.00 e. The molecule has 0 spiro atoms. The first-order chi connectivity index (χ1) is 16.5. The zero-order chi connectivity index (χ0) is 26.9. The van der Waals surface area contributed by atoms with Crippen LogP contribution in [-0.4, -0.2) is 55.3 Å². The van der Waals surface area contributed by atoms with E-state index < -0.39 is 45.7 Å². The molecular formula is C24H41NaO10S. The molecule has 1 heterocycles. The second-order valence-electron chi connectivity index (χ2n) is 8.68.